The first-order valence-electron chi connectivity index (χ1n) is 8.58. The van der Waals surface area contributed by atoms with Crippen LogP contribution in [-0.4, -0.2) is 11.0 Å². The van der Waals surface area contributed by atoms with Gasteiger partial charge in [-0.3, -0.25) is 4.98 Å². The molecule has 27 heavy (non-hydrogen) atoms. The molecule has 0 saturated heterocycles. The van der Waals surface area contributed by atoms with Crippen molar-refractivity contribution in [3.8, 4) is 23.1 Å². The summed E-state index contributed by atoms with van der Waals surface area (Å²) in [5.41, 5.74) is 3.14. The van der Waals surface area contributed by atoms with Crippen LogP contribution in [0.3, 0.4) is 0 Å². The third-order valence-corrected chi connectivity index (χ3v) is 4.05. The fourth-order valence-corrected chi connectivity index (χ4v) is 2.62. The van der Waals surface area contributed by atoms with Crippen molar-refractivity contribution in [3.05, 3.63) is 83.3 Å². The molecule has 0 saturated carbocycles. The highest BCUT2D eigenvalue weighted by molar-refractivity contribution is 5.91. The molecule has 4 nitrogen and oxygen atoms in total. The van der Waals surface area contributed by atoms with Crippen LogP contribution in [0.1, 0.15) is 34.8 Å². The number of hydrogen-bond donors (Lipinski definition) is 0. The number of carbonyl (C=O) groups is 1. The normalized spacial score (nSPS) is 10.3. The summed E-state index contributed by atoms with van der Waals surface area (Å²) in [7, 11) is 0. The minimum Gasteiger partial charge on any atom is -0.423 e. The van der Waals surface area contributed by atoms with Crippen molar-refractivity contribution in [2.45, 2.75) is 19.8 Å². The number of halogens is 1. The Bertz CT molecular complexity index is 990. The van der Waals surface area contributed by atoms with E-state index in [4.69, 9.17) is 10.00 Å². The predicted octanol–water partition coefficient (Wildman–Crippen LogP) is 4.93. The van der Waals surface area contributed by atoms with Crippen LogP contribution < -0.4 is 4.74 Å². The van der Waals surface area contributed by atoms with Crippen molar-refractivity contribution < 1.29 is 13.9 Å². The minimum atomic E-state index is -0.726. The lowest BCUT2D eigenvalue weighted by atomic mass is 10.1. The number of carbonyl (C=O) groups excluding carboxylic acids is 1. The quantitative estimate of drug-likeness (QED) is 0.478. The van der Waals surface area contributed by atoms with E-state index in [1.54, 1.807) is 30.3 Å². The summed E-state index contributed by atoms with van der Waals surface area (Å²) in [6, 6.07) is 16.3. The first-order chi connectivity index (χ1) is 13.1. The lowest BCUT2D eigenvalue weighted by Crippen LogP contribution is -2.08. The van der Waals surface area contributed by atoms with Crippen LogP contribution in [0.25, 0.3) is 11.3 Å². The summed E-state index contributed by atoms with van der Waals surface area (Å²) in [6.45, 7) is 2.12. The fraction of sp³-hybridized carbons (Fsp3) is 0.136. The first kappa shape index (κ1) is 18.3. The first-order valence-corrected chi connectivity index (χ1v) is 8.58. The molecule has 5 heteroatoms. The summed E-state index contributed by atoms with van der Waals surface area (Å²) in [4.78, 5) is 16.7. The van der Waals surface area contributed by atoms with Crippen molar-refractivity contribution in [3.63, 3.8) is 0 Å². The number of hydrogen-bond acceptors (Lipinski definition) is 4. The van der Waals surface area contributed by atoms with E-state index < -0.39 is 11.8 Å². The van der Waals surface area contributed by atoms with E-state index in [1.807, 2.05) is 18.3 Å². The molecule has 0 bridgehead atoms. The number of benzene rings is 2. The average molecular weight is 360 g/mol. The van der Waals surface area contributed by atoms with E-state index in [0.29, 0.717) is 5.56 Å². The standard InChI is InChI=1S/C22H17FN2O2/c1-2-3-15-4-11-21(25-14-15)16-5-7-17(8-6-16)22(26)27-19-10-9-18(13-24)20(23)12-19/h4-12,14H,2-3H2,1H3. The molecular weight excluding hydrogens is 343 g/mol. The Balaban J connectivity index is 1.72. The molecule has 1 heterocycles. The Morgan fingerprint density at radius 2 is 1.93 bits per heavy atom. The summed E-state index contributed by atoms with van der Waals surface area (Å²) in [5.74, 6) is -1.28. The van der Waals surface area contributed by atoms with Gasteiger partial charge < -0.3 is 4.74 Å². The Morgan fingerprint density at radius 1 is 1.15 bits per heavy atom. The third-order valence-electron chi connectivity index (χ3n) is 4.05. The van der Waals surface area contributed by atoms with Gasteiger partial charge in [-0.1, -0.05) is 31.5 Å². The highest BCUT2D eigenvalue weighted by atomic mass is 19.1. The van der Waals surface area contributed by atoms with Gasteiger partial charge in [0.05, 0.1) is 16.8 Å². The lowest BCUT2D eigenvalue weighted by Gasteiger charge is -2.06. The molecule has 0 aliphatic rings. The zero-order chi connectivity index (χ0) is 19.2. The number of nitrogens with zero attached hydrogens (tertiary/aromatic N) is 2. The van der Waals surface area contributed by atoms with Gasteiger partial charge in [0.2, 0.25) is 0 Å². The van der Waals surface area contributed by atoms with Gasteiger partial charge in [0.15, 0.2) is 0 Å². The number of aryl methyl sites for hydroxylation is 1. The van der Waals surface area contributed by atoms with Crippen LogP contribution in [0.5, 0.6) is 5.75 Å². The minimum absolute atomic E-state index is 0.0498. The summed E-state index contributed by atoms with van der Waals surface area (Å²) in [6.07, 6.45) is 3.93. The number of nitriles is 1. The van der Waals surface area contributed by atoms with Gasteiger partial charge >= 0.3 is 5.97 Å². The van der Waals surface area contributed by atoms with E-state index in [0.717, 1.165) is 30.2 Å². The van der Waals surface area contributed by atoms with Gasteiger partial charge in [0, 0.05) is 17.8 Å². The van der Waals surface area contributed by atoms with Crippen molar-refractivity contribution >= 4 is 5.97 Å². The van der Waals surface area contributed by atoms with Crippen LogP contribution in [0.2, 0.25) is 0 Å². The molecule has 134 valence electrons. The smallest absolute Gasteiger partial charge is 0.343 e. The molecule has 0 fully saturated rings. The van der Waals surface area contributed by atoms with Gasteiger partial charge in [0.25, 0.3) is 0 Å². The summed E-state index contributed by atoms with van der Waals surface area (Å²) >= 11 is 0. The Kier molecular flexibility index (Phi) is 5.58. The maximum absolute atomic E-state index is 13.6. The van der Waals surface area contributed by atoms with Gasteiger partial charge in [-0.2, -0.15) is 5.26 Å². The number of aromatic nitrogens is 1. The average Bonchev–Trinajstić information content (AvgIpc) is 2.69. The maximum Gasteiger partial charge on any atom is 0.343 e. The topological polar surface area (TPSA) is 63.0 Å². The van der Waals surface area contributed by atoms with Gasteiger partial charge in [0.1, 0.15) is 17.6 Å². The second-order valence-electron chi connectivity index (χ2n) is 6.02. The molecule has 0 N–H and O–H groups in total. The molecular formula is C22H17FN2O2. The lowest BCUT2D eigenvalue weighted by molar-refractivity contribution is 0.0734. The highest BCUT2D eigenvalue weighted by Gasteiger charge is 2.11. The molecule has 0 aliphatic heterocycles. The number of pyridine rings is 1. The van der Waals surface area contributed by atoms with Gasteiger partial charge in [-0.15, -0.1) is 0 Å². The second kappa shape index (κ2) is 8.24. The van der Waals surface area contributed by atoms with E-state index in [1.165, 1.54) is 17.7 Å². The zero-order valence-corrected chi connectivity index (χ0v) is 14.8. The monoisotopic (exact) mass is 360 g/mol. The van der Waals surface area contributed by atoms with Crippen LogP contribution >= 0.6 is 0 Å². The highest BCUT2D eigenvalue weighted by Crippen LogP contribution is 2.20. The SMILES string of the molecule is CCCc1ccc(-c2ccc(C(=O)Oc3ccc(C#N)c(F)c3)cc2)nc1. The fourth-order valence-electron chi connectivity index (χ4n) is 2.62. The number of esters is 1. The summed E-state index contributed by atoms with van der Waals surface area (Å²) < 4.78 is 18.8. The van der Waals surface area contributed by atoms with Crippen LogP contribution in [0, 0.1) is 17.1 Å². The molecule has 0 spiro atoms. The molecule has 0 amide bonds. The van der Waals surface area contributed by atoms with Crippen molar-refractivity contribution in [1.29, 1.82) is 5.26 Å². The zero-order valence-electron chi connectivity index (χ0n) is 14.8. The van der Waals surface area contributed by atoms with E-state index in [-0.39, 0.29) is 11.3 Å². The van der Waals surface area contributed by atoms with Gasteiger partial charge in [-0.05, 0) is 42.3 Å². The Morgan fingerprint density at radius 3 is 2.52 bits per heavy atom. The molecule has 1 aromatic heterocycles. The Labute approximate surface area is 156 Å². The van der Waals surface area contributed by atoms with Crippen LogP contribution in [-0.2, 0) is 6.42 Å². The molecule has 0 atom stereocenters. The molecule has 2 aromatic carbocycles. The van der Waals surface area contributed by atoms with Crippen molar-refractivity contribution in [1.82, 2.24) is 4.98 Å². The van der Waals surface area contributed by atoms with Gasteiger partial charge in [-0.25, -0.2) is 9.18 Å². The number of rotatable bonds is 5. The third kappa shape index (κ3) is 4.36. The van der Waals surface area contributed by atoms with E-state index >= 15 is 0 Å². The molecule has 0 unspecified atom stereocenters. The van der Waals surface area contributed by atoms with Crippen LogP contribution in [0.15, 0.2) is 60.8 Å². The van der Waals surface area contributed by atoms with E-state index in [9.17, 15) is 9.18 Å². The Hall–Kier alpha value is -3.52. The van der Waals surface area contributed by atoms with E-state index in [2.05, 4.69) is 11.9 Å². The molecule has 3 aromatic rings. The van der Waals surface area contributed by atoms with Crippen LogP contribution in [0.4, 0.5) is 4.39 Å². The second-order valence-corrected chi connectivity index (χ2v) is 6.02. The molecule has 3 rings (SSSR count). The molecule has 0 radical (unpaired) electrons. The van der Waals surface area contributed by atoms with Crippen molar-refractivity contribution in [2.24, 2.45) is 0 Å². The largest absolute Gasteiger partial charge is 0.423 e. The predicted molar refractivity (Wildman–Crippen MR) is 99.7 cm³/mol. The maximum atomic E-state index is 13.6. The summed E-state index contributed by atoms with van der Waals surface area (Å²) in [5, 5.41) is 8.73. The molecule has 0 aliphatic carbocycles. The van der Waals surface area contributed by atoms with Crippen molar-refractivity contribution in [2.75, 3.05) is 0 Å². The number of ether oxygens (including phenoxy) is 1.